The van der Waals surface area contributed by atoms with Gasteiger partial charge in [0.1, 0.15) is 4.99 Å². The Morgan fingerprint density at radius 2 is 2.06 bits per heavy atom. The molecule has 0 bridgehead atoms. The molecule has 1 atom stereocenters. The van der Waals surface area contributed by atoms with Gasteiger partial charge < -0.3 is 15.7 Å². The summed E-state index contributed by atoms with van der Waals surface area (Å²) >= 11 is 5.05. The van der Waals surface area contributed by atoms with Gasteiger partial charge in [0.2, 0.25) is 0 Å². The summed E-state index contributed by atoms with van der Waals surface area (Å²) in [6.45, 7) is 5.94. The van der Waals surface area contributed by atoms with Gasteiger partial charge in [-0.2, -0.15) is 5.10 Å². The summed E-state index contributed by atoms with van der Waals surface area (Å²) < 4.78 is 0. The van der Waals surface area contributed by atoms with E-state index in [4.69, 9.17) is 18.0 Å². The highest BCUT2D eigenvalue weighted by atomic mass is 32.1. The second-order valence-corrected chi connectivity index (χ2v) is 4.64. The Morgan fingerprint density at radius 3 is 2.53 bits per heavy atom. The molecule has 0 aliphatic heterocycles. The average Bonchev–Trinajstić information content (AvgIpc) is 2.19. The molecule has 0 aliphatic carbocycles. The summed E-state index contributed by atoms with van der Waals surface area (Å²) in [4.78, 5) is 2.10. The fourth-order valence-corrected chi connectivity index (χ4v) is 1.89. The van der Waals surface area contributed by atoms with Crippen molar-refractivity contribution >= 4 is 23.0 Å². The molecular formula is C11H18N4OS. The van der Waals surface area contributed by atoms with Gasteiger partial charge in [-0.3, -0.25) is 0 Å². The number of aliphatic hydroxyl groups excluding tert-OH is 1. The lowest BCUT2D eigenvalue weighted by molar-refractivity contribution is 0.201. The molecule has 1 aromatic heterocycles. The molecule has 0 saturated carbocycles. The third-order valence-corrected chi connectivity index (χ3v) is 2.79. The molecule has 6 heteroatoms. The molecule has 3 N–H and O–H groups in total. The zero-order valence-electron chi connectivity index (χ0n) is 10.6. The van der Waals surface area contributed by atoms with Crippen LogP contribution in [0.3, 0.4) is 0 Å². The van der Waals surface area contributed by atoms with Crippen molar-refractivity contribution in [1.82, 2.24) is 10.2 Å². The zero-order valence-corrected chi connectivity index (χ0v) is 11.4. The van der Waals surface area contributed by atoms with Crippen molar-refractivity contribution in [2.75, 3.05) is 18.5 Å². The quantitative estimate of drug-likeness (QED) is 0.764. The van der Waals surface area contributed by atoms with E-state index in [0.717, 1.165) is 16.8 Å². The summed E-state index contributed by atoms with van der Waals surface area (Å²) in [5.74, 6) is 0.613. The first kappa shape index (κ1) is 13.8. The molecular weight excluding hydrogens is 236 g/mol. The molecule has 1 rings (SSSR count). The van der Waals surface area contributed by atoms with Crippen LogP contribution in [0.1, 0.15) is 23.7 Å². The van der Waals surface area contributed by atoms with Crippen LogP contribution in [0.5, 0.6) is 0 Å². The van der Waals surface area contributed by atoms with Crippen LogP contribution in [0.15, 0.2) is 0 Å². The summed E-state index contributed by atoms with van der Waals surface area (Å²) in [6, 6.07) is 0. The topological polar surface area (TPSA) is 75.3 Å². The first-order chi connectivity index (χ1) is 7.84. The highest BCUT2D eigenvalue weighted by molar-refractivity contribution is 7.80. The van der Waals surface area contributed by atoms with Gasteiger partial charge >= 0.3 is 0 Å². The maximum atomic E-state index is 9.38. The van der Waals surface area contributed by atoms with Crippen LogP contribution in [0.25, 0.3) is 0 Å². The van der Waals surface area contributed by atoms with E-state index in [2.05, 4.69) is 10.2 Å². The molecule has 0 fully saturated rings. The van der Waals surface area contributed by atoms with Crippen LogP contribution < -0.4 is 10.6 Å². The molecule has 5 nitrogen and oxygen atoms in total. The van der Waals surface area contributed by atoms with Gasteiger partial charge in [-0.15, -0.1) is 5.10 Å². The van der Waals surface area contributed by atoms with E-state index in [1.165, 1.54) is 0 Å². The summed E-state index contributed by atoms with van der Waals surface area (Å²) in [7, 11) is 1.83. The number of hydrogen-bond acceptors (Lipinski definition) is 5. The van der Waals surface area contributed by atoms with Crippen LogP contribution in [0.4, 0.5) is 5.82 Å². The number of aromatic nitrogens is 2. The van der Waals surface area contributed by atoms with E-state index >= 15 is 0 Å². The minimum atomic E-state index is -0.456. The predicted octanol–water partition coefficient (Wildman–Crippen LogP) is 0.545. The van der Waals surface area contributed by atoms with Crippen LogP contribution in [-0.4, -0.2) is 40.0 Å². The van der Waals surface area contributed by atoms with Gasteiger partial charge in [-0.25, -0.2) is 0 Å². The lowest BCUT2D eigenvalue weighted by Crippen LogP contribution is -2.31. The van der Waals surface area contributed by atoms with Gasteiger partial charge in [-0.05, 0) is 26.3 Å². The minimum absolute atomic E-state index is 0.299. The molecule has 0 spiro atoms. The monoisotopic (exact) mass is 254 g/mol. The third kappa shape index (κ3) is 3.10. The highest BCUT2D eigenvalue weighted by Gasteiger charge is 2.17. The van der Waals surface area contributed by atoms with Crippen LogP contribution in [0.2, 0.25) is 0 Å². The van der Waals surface area contributed by atoms with E-state index in [1.807, 2.05) is 20.9 Å². The Labute approximate surface area is 107 Å². The molecule has 0 amide bonds. The summed E-state index contributed by atoms with van der Waals surface area (Å²) in [5, 5.41) is 17.6. The van der Waals surface area contributed by atoms with E-state index in [1.54, 1.807) is 11.8 Å². The fraction of sp³-hybridized carbons (Fsp3) is 0.545. The number of rotatable bonds is 4. The Bertz CT molecular complexity index is 434. The van der Waals surface area contributed by atoms with Gasteiger partial charge in [0.15, 0.2) is 5.82 Å². The molecule has 17 heavy (non-hydrogen) atoms. The van der Waals surface area contributed by atoms with Crippen molar-refractivity contribution in [1.29, 1.82) is 0 Å². The van der Waals surface area contributed by atoms with Gasteiger partial charge in [0, 0.05) is 13.6 Å². The molecule has 94 valence electrons. The van der Waals surface area contributed by atoms with Crippen LogP contribution in [0, 0.1) is 13.8 Å². The Kier molecular flexibility index (Phi) is 4.36. The van der Waals surface area contributed by atoms with Gasteiger partial charge in [-0.1, -0.05) is 12.2 Å². The minimum Gasteiger partial charge on any atom is -0.392 e. The van der Waals surface area contributed by atoms with Crippen molar-refractivity contribution in [3.63, 3.8) is 0 Å². The van der Waals surface area contributed by atoms with Crippen molar-refractivity contribution in [3.8, 4) is 0 Å². The van der Waals surface area contributed by atoms with Crippen LogP contribution in [-0.2, 0) is 0 Å². The van der Waals surface area contributed by atoms with Crippen molar-refractivity contribution in [2.24, 2.45) is 5.73 Å². The van der Waals surface area contributed by atoms with E-state index in [0.29, 0.717) is 17.4 Å². The van der Waals surface area contributed by atoms with Crippen molar-refractivity contribution in [3.05, 3.63) is 16.8 Å². The summed E-state index contributed by atoms with van der Waals surface area (Å²) in [5.41, 5.74) is 8.20. The number of nitrogens with two attached hydrogens (primary N) is 1. The molecule has 1 heterocycles. The predicted molar refractivity (Wildman–Crippen MR) is 72.3 cm³/mol. The second-order valence-electron chi connectivity index (χ2n) is 4.20. The number of anilines is 1. The van der Waals surface area contributed by atoms with Crippen LogP contribution >= 0.6 is 12.2 Å². The average molecular weight is 254 g/mol. The molecule has 1 aromatic rings. The number of aryl methyl sites for hydroxylation is 1. The third-order valence-electron chi connectivity index (χ3n) is 2.58. The van der Waals surface area contributed by atoms with Crippen molar-refractivity contribution in [2.45, 2.75) is 26.9 Å². The Hall–Kier alpha value is -1.27. The number of nitrogens with zero attached hydrogens (tertiary/aromatic N) is 3. The largest absolute Gasteiger partial charge is 0.392 e. The summed E-state index contributed by atoms with van der Waals surface area (Å²) in [6.07, 6.45) is -0.456. The molecule has 0 radical (unpaired) electrons. The maximum absolute atomic E-state index is 9.38. The Balaban J connectivity index is 3.24. The highest BCUT2D eigenvalue weighted by Crippen LogP contribution is 2.21. The van der Waals surface area contributed by atoms with Gasteiger partial charge in [0.25, 0.3) is 0 Å². The smallest absolute Gasteiger partial charge is 0.161 e. The number of hydrogen-bond donors (Lipinski definition) is 2. The molecule has 0 aliphatic rings. The first-order valence-corrected chi connectivity index (χ1v) is 5.78. The van der Waals surface area contributed by atoms with Crippen molar-refractivity contribution < 1.29 is 5.11 Å². The fourth-order valence-electron chi connectivity index (χ4n) is 1.64. The standard InChI is InChI=1S/C11H18N4OS/c1-6(16)5-15(4)11-9(10(12)17)7(2)8(3)13-14-11/h6,16H,5H2,1-4H3,(H2,12,17). The lowest BCUT2D eigenvalue weighted by atomic mass is 10.1. The van der Waals surface area contributed by atoms with E-state index in [-0.39, 0.29) is 0 Å². The molecule has 0 aromatic carbocycles. The molecule has 1 unspecified atom stereocenters. The number of likely N-dealkylation sites (N-methyl/N-ethyl adjacent to an activating group) is 1. The molecule has 0 saturated heterocycles. The second kappa shape index (κ2) is 5.37. The zero-order chi connectivity index (χ0) is 13.2. The maximum Gasteiger partial charge on any atom is 0.161 e. The number of thiocarbonyl (C=S) groups is 1. The normalized spacial score (nSPS) is 12.3. The van der Waals surface area contributed by atoms with E-state index < -0.39 is 6.10 Å². The van der Waals surface area contributed by atoms with Gasteiger partial charge in [0.05, 0.1) is 17.4 Å². The Morgan fingerprint density at radius 1 is 1.47 bits per heavy atom. The lowest BCUT2D eigenvalue weighted by Gasteiger charge is -2.23. The number of aliphatic hydroxyl groups is 1. The van der Waals surface area contributed by atoms with E-state index in [9.17, 15) is 5.11 Å². The SMILES string of the molecule is Cc1nnc(N(C)CC(C)O)c(C(N)=S)c1C. The first-order valence-electron chi connectivity index (χ1n) is 5.37.